The van der Waals surface area contributed by atoms with Gasteiger partial charge >= 0.3 is 0 Å². The van der Waals surface area contributed by atoms with E-state index < -0.39 is 10.2 Å². The van der Waals surface area contributed by atoms with E-state index in [1.807, 2.05) is 30.6 Å². The Hall–Kier alpha value is -0.740. The number of hydrogen-bond acceptors (Lipinski definition) is 5. The predicted molar refractivity (Wildman–Crippen MR) is 91.8 cm³/mol. The molecule has 8 nitrogen and oxygen atoms in total. The van der Waals surface area contributed by atoms with Crippen molar-refractivity contribution in [3.63, 3.8) is 0 Å². The summed E-state index contributed by atoms with van der Waals surface area (Å²) in [5, 5.41) is 0. The Balaban J connectivity index is 1.83. The minimum Gasteiger partial charge on any atom is -0.375 e. The number of hydrogen-bond donors (Lipinski definition) is 0. The second-order valence-corrected chi connectivity index (χ2v) is 8.22. The van der Waals surface area contributed by atoms with Crippen LogP contribution in [0.1, 0.15) is 20.8 Å². The van der Waals surface area contributed by atoms with E-state index in [1.165, 1.54) is 8.61 Å². The standard InChI is InChI=1S/C15H30N4O4S/c1-4-18(5-2)24(21,22)19-8-6-16(7-9-19)13-15(20)17-10-11-23-14(3)12-17/h14H,4-13H2,1-3H3. The van der Waals surface area contributed by atoms with Gasteiger partial charge in [-0.25, -0.2) is 0 Å². The number of carbonyl (C=O) groups is 1. The third kappa shape index (κ3) is 4.66. The predicted octanol–water partition coefficient (Wildman–Crippen LogP) is -0.562. The molecule has 0 aromatic carbocycles. The van der Waals surface area contributed by atoms with Crippen LogP contribution < -0.4 is 0 Å². The molecule has 2 heterocycles. The maximum absolute atomic E-state index is 12.5. The van der Waals surface area contributed by atoms with E-state index in [9.17, 15) is 13.2 Å². The lowest BCUT2D eigenvalue weighted by atomic mass is 10.3. The molecule has 2 aliphatic heterocycles. The largest absolute Gasteiger partial charge is 0.375 e. The van der Waals surface area contributed by atoms with Crippen molar-refractivity contribution in [3.05, 3.63) is 0 Å². The second-order valence-electron chi connectivity index (χ2n) is 6.29. The lowest BCUT2D eigenvalue weighted by molar-refractivity contribution is -0.139. The molecule has 1 amide bonds. The first-order valence-electron chi connectivity index (χ1n) is 8.75. The molecule has 0 aromatic heterocycles. The van der Waals surface area contributed by atoms with E-state index in [0.717, 1.165) is 0 Å². The quantitative estimate of drug-likeness (QED) is 0.633. The summed E-state index contributed by atoms with van der Waals surface area (Å²) in [5.41, 5.74) is 0. The van der Waals surface area contributed by atoms with Gasteiger partial charge in [0.25, 0.3) is 10.2 Å². The fourth-order valence-corrected chi connectivity index (χ4v) is 4.77. The minimum absolute atomic E-state index is 0.0822. The van der Waals surface area contributed by atoms with Crippen molar-refractivity contribution in [1.29, 1.82) is 0 Å². The smallest absolute Gasteiger partial charge is 0.282 e. The van der Waals surface area contributed by atoms with Gasteiger partial charge in [-0.15, -0.1) is 0 Å². The maximum atomic E-state index is 12.5. The molecule has 0 aliphatic carbocycles. The lowest BCUT2D eigenvalue weighted by Crippen LogP contribution is -2.55. The molecule has 9 heteroatoms. The van der Waals surface area contributed by atoms with Gasteiger partial charge in [0.05, 0.1) is 19.3 Å². The van der Waals surface area contributed by atoms with E-state index in [1.54, 1.807) is 0 Å². The van der Waals surface area contributed by atoms with E-state index in [-0.39, 0.29) is 12.0 Å². The van der Waals surface area contributed by atoms with E-state index >= 15 is 0 Å². The molecule has 2 aliphatic rings. The van der Waals surface area contributed by atoms with Crippen LogP contribution in [0.5, 0.6) is 0 Å². The van der Waals surface area contributed by atoms with Crippen molar-refractivity contribution in [1.82, 2.24) is 18.4 Å². The van der Waals surface area contributed by atoms with Crippen LogP contribution in [0, 0.1) is 0 Å². The third-order valence-corrected chi connectivity index (χ3v) is 6.83. The summed E-state index contributed by atoms with van der Waals surface area (Å²) in [6, 6.07) is 0. The normalized spacial score (nSPS) is 24.5. The zero-order valence-electron chi connectivity index (χ0n) is 15.0. The summed E-state index contributed by atoms with van der Waals surface area (Å²) in [6.45, 7) is 10.9. The Morgan fingerprint density at radius 1 is 1.12 bits per heavy atom. The van der Waals surface area contributed by atoms with Crippen molar-refractivity contribution >= 4 is 16.1 Å². The molecule has 140 valence electrons. The molecule has 0 bridgehead atoms. The molecular formula is C15H30N4O4S. The van der Waals surface area contributed by atoms with Gasteiger partial charge in [-0.1, -0.05) is 13.8 Å². The van der Waals surface area contributed by atoms with Crippen LogP contribution >= 0.6 is 0 Å². The number of piperazine rings is 1. The number of nitrogens with zero attached hydrogens (tertiary/aromatic N) is 4. The molecule has 24 heavy (non-hydrogen) atoms. The molecule has 0 spiro atoms. The average molecular weight is 362 g/mol. The molecule has 1 unspecified atom stereocenters. The Labute approximate surface area is 145 Å². The topological polar surface area (TPSA) is 73.4 Å². The Morgan fingerprint density at radius 3 is 2.29 bits per heavy atom. The molecule has 2 saturated heterocycles. The highest BCUT2D eigenvalue weighted by Gasteiger charge is 2.32. The highest BCUT2D eigenvalue weighted by molar-refractivity contribution is 7.86. The first-order valence-corrected chi connectivity index (χ1v) is 10.1. The summed E-state index contributed by atoms with van der Waals surface area (Å²) in [7, 11) is -3.38. The summed E-state index contributed by atoms with van der Waals surface area (Å²) >= 11 is 0. The summed E-state index contributed by atoms with van der Waals surface area (Å²) < 4.78 is 33.5. The van der Waals surface area contributed by atoms with Gasteiger partial charge < -0.3 is 9.64 Å². The van der Waals surface area contributed by atoms with Gasteiger partial charge in [0, 0.05) is 52.4 Å². The lowest BCUT2D eigenvalue weighted by Gasteiger charge is -2.37. The van der Waals surface area contributed by atoms with Crippen LogP contribution in [0.2, 0.25) is 0 Å². The molecule has 0 saturated carbocycles. The number of rotatable bonds is 6. The van der Waals surface area contributed by atoms with Crippen LogP contribution in [0.4, 0.5) is 0 Å². The van der Waals surface area contributed by atoms with Gasteiger partial charge in [0.2, 0.25) is 5.91 Å². The summed E-state index contributed by atoms with van der Waals surface area (Å²) in [5.74, 6) is 0.102. The monoisotopic (exact) mass is 362 g/mol. The number of carbonyl (C=O) groups excluding carboxylic acids is 1. The highest BCUT2D eigenvalue weighted by atomic mass is 32.2. The molecule has 1 atom stereocenters. The van der Waals surface area contributed by atoms with Crippen molar-refractivity contribution in [2.75, 3.05) is 65.5 Å². The summed E-state index contributed by atoms with van der Waals surface area (Å²) in [6.07, 6.45) is 0.0822. The van der Waals surface area contributed by atoms with E-state index in [2.05, 4.69) is 0 Å². The highest BCUT2D eigenvalue weighted by Crippen LogP contribution is 2.13. The van der Waals surface area contributed by atoms with Crippen LogP contribution in [0.3, 0.4) is 0 Å². The van der Waals surface area contributed by atoms with Gasteiger partial charge in [-0.2, -0.15) is 17.0 Å². The molecule has 2 fully saturated rings. The van der Waals surface area contributed by atoms with Crippen LogP contribution in [0.15, 0.2) is 0 Å². The molecule has 0 N–H and O–H groups in total. The van der Waals surface area contributed by atoms with Gasteiger partial charge in [0.1, 0.15) is 0 Å². The average Bonchev–Trinajstić information content (AvgIpc) is 2.56. The van der Waals surface area contributed by atoms with Crippen molar-refractivity contribution in [2.24, 2.45) is 0 Å². The van der Waals surface area contributed by atoms with Crippen LogP contribution in [0.25, 0.3) is 0 Å². The Bertz CT molecular complexity index is 516. The zero-order chi connectivity index (χ0) is 17.7. The SMILES string of the molecule is CCN(CC)S(=O)(=O)N1CCN(CC(=O)N2CCOC(C)C2)CC1. The molecule has 0 aromatic rings. The van der Waals surface area contributed by atoms with Crippen LogP contribution in [-0.4, -0.2) is 104 Å². The second kappa shape index (κ2) is 8.57. The van der Waals surface area contributed by atoms with E-state index in [0.29, 0.717) is 65.5 Å². The van der Waals surface area contributed by atoms with Gasteiger partial charge in [-0.3, -0.25) is 9.69 Å². The molecular weight excluding hydrogens is 332 g/mol. The molecule has 2 rings (SSSR count). The Morgan fingerprint density at radius 2 is 1.75 bits per heavy atom. The third-order valence-electron chi connectivity index (χ3n) is 4.64. The van der Waals surface area contributed by atoms with Gasteiger partial charge in [0.15, 0.2) is 0 Å². The first kappa shape index (κ1) is 19.6. The minimum atomic E-state index is -3.38. The fraction of sp³-hybridized carbons (Fsp3) is 0.933. The van der Waals surface area contributed by atoms with Gasteiger partial charge in [-0.05, 0) is 6.92 Å². The fourth-order valence-electron chi connectivity index (χ4n) is 3.17. The van der Waals surface area contributed by atoms with Crippen molar-refractivity contribution in [2.45, 2.75) is 26.9 Å². The molecule has 0 radical (unpaired) electrons. The number of ether oxygens (including phenoxy) is 1. The number of morpholine rings is 1. The van der Waals surface area contributed by atoms with Crippen molar-refractivity contribution in [3.8, 4) is 0 Å². The van der Waals surface area contributed by atoms with Crippen molar-refractivity contribution < 1.29 is 17.9 Å². The maximum Gasteiger partial charge on any atom is 0.282 e. The first-order chi connectivity index (χ1) is 11.4. The van der Waals surface area contributed by atoms with Crippen LogP contribution in [-0.2, 0) is 19.7 Å². The zero-order valence-corrected chi connectivity index (χ0v) is 15.8. The van der Waals surface area contributed by atoms with E-state index in [4.69, 9.17) is 4.74 Å². The summed E-state index contributed by atoms with van der Waals surface area (Å²) in [4.78, 5) is 16.3. The number of amides is 1. The Kier molecular flexibility index (Phi) is 6.99.